The van der Waals surface area contributed by atoms with Gasteiger partial charge in [-0.15, -0.1) is 0 Å². The predicted molar refractivity (Wildman–Crippen MR) is 140 cm³/mol. The Kier molecular flexibility index (Phi) is 7.33. The van der Waals surface area contributed by atoms with E-state index < -0.39 is 0 Å². The summed E-state index contributed by atoms with van der Waals surface area (Å²) >= 11 is 1.26. The van der Waals surface area contributed by atoms with Crippen LogP contribution in [-0.4, -0.2) is 35.3 Å². The van der Waals surface area contributed by atoms with Crippen molar-refractivity contribution in [2.45, 2.75) is 25.0 Å². The number of carbonyl (C=O) groups is 1. The molecule has 174 valence electrons. The smallest absolute Gasteiger partial charge is 0.266 e. The van der Waals surface area contributed by atoms with Crippen molar-refractivity contribution in [2.24, 2.45) is 0 Å². The van der Waals surface area contributed by atoms with E-state index in [4.69, 9.17) is 4.98 Å². The third kappa shape index (κ3) is 5.31. The maximum Gasteiger partial charge on any atom is 0.266 e. The molecule has 0 aliphatic rings. The lowest BCUT2D eigenvalue weighted by molar-refractivity contribution is -0.118. The van der Waals surface area contributed by atoms with E-state index in [1.54, 1.807) is 10.6 Å². The van der Waals surface area contributed by atoms with Gasteiger partial charge in [0.05, 0.1) is 22.3 Å². The van der Waals surface area contributed by atoms with Crippen molar-refractivity contribution in [3.8, 4) is 5.69 Å². The summed E-state index contributed by atoms with van der Waals surface area (Å²) in [4.78, 5) is 32.7. The fraction of sp³-hybridized carbons (Fsp3) is 0.222. The Labute approximate surface area is 203 Å². The minimum atomic E-state index is -0.140. The third-order valence-corrected chi connectivity index (χ3v) is 6.56. The molecule has 0 unspecified atom stereocenters. The topological polar surface area (TPSA) is 67.2 Å². The highest BCUT2D eigenvalue weighted by atomic mass is 32.2. The van der Waals surface area contributed by atoms with Crippen molar-refractivity contribution in [1.82, 2.24) is 14.9 Å². The molecule has 1 amide bonds. The maximum atomic E-state index is 13.3. The van der Waals surface area contributed by atoms with Crippen LogP contribution in [-0.2, 0) is 17.8 Å². The van der Waals surface area contributed by atoms with Crippen LogP contribution in [0.1, 0.15) is 18.1 Å². The van der Waals surface area contributed by atoms with E-state index in [1.165, 1.54) is 17.3 Å². The van der Waals surface area contributed by atoms with Gasteiger partial charge in [0.1, 0.15) is 0 Å². The van der Waals surface area contributed by atoms with Gasteiger partial charge in [0.25, 0.3) is 5.56 Å². The largest absolute Gasteiger partial charge is 0.378 e. The third-order valence-electron chi connectivity index (χ3n) is 5.62. The minimum Gasteiger partial charge on any atom is -0.378 e. The molecule has 4 aromatic rings. The summed E-state index contributed by atoms with van der Waals surface area (Å²) in [6, 6.07) is 23.2. The SMILES string of the molecule is CCc1ccc(-n2c(SCC(=O)NCc3ccc(N(C)C)cc3)nc3ccccc3c2=O)cc1. The number of aromatic nitrogens is 2. The molecule has 1 aromatic heterocycles. The first-order valence-corrected chi connectivity index (χ1v) is 12.2. The van der Waals surface area contributed by atoms with Crippen LogP contribution in [0.5, 0.6) is 0 Å². The second-order valence-corrected chi connectivity index (χ2v) is 9.14. The molecule has 0 spiro atoms. The summed E-state index contributed by atoms with van der Waals surface area (Å²) in [5.74, 6) is 0.0464. The van der Waals surface area contributed by atoms with E-state index in [2.05, 4.69) is 12.2 Å². The van der Waals surface area contributed by atoms with Crippen LogP contribution in [0.15, 0.2) is 82.7 Å². The van der Waals surface area contributed by atoms with Crippen LogP contribution in [0, 0.1) is 0 Å². The van der Waals surface area contributed by atoms with Gasteiger partial charge in [-0.3, -0.25) is 14.2 Å². The Morgan fingerprint density at radius 3 is 2.32 bits per heavy atom. The van der Waals surface area contributed by atoms with Gasteiger partial charge >= 0.3 is 0 Å². The fourth-order valence-electron chi connectivity index (χ4n) is 3.61. The minimum absolute atomic E-state index is 0.114. The number of anilines is 1. The van der Waals surface area contributed by atoms with Crippen LogP contribution in [0.4, 0.5) is 5.69 Å². The zero-order valence-electron chi connectivity index (χ0n) is 19.6. The standard InChI is InChI=1S/C27H28N4O2S/c1-4-19-9-15-22(16-10-19)31-26(33)23-7-5-6-8-24(23)29-27(31)34-18-25(32)28-17-20-11-13-21(14-12-20)30(2)3/h5-16H,4,17-18H2,1-3H3,(H,28,32). The Morgan fingerprint density at radius 2 is 1.65 bits per heavy atom. The first-order valence-electron chi connectivity index (χ1n) is 11.2. The number of hydrogen-bond donors (Lipinski definition) is 1. The van der Waals surface area contributed by atoms with E-state index in [9.17, 15) is 9.59 Å². The molecule has 0 fully saturated rings. The monoisotopic (exact) mass is 472 g/mol. The first-order chi connectivity index (χ1) is 16.5. The average Bonchev–Trinajstić information content (AvgIpc) is 2.86. The van der Waals surface area contributed by atoms with Gasteiger partial charge in [-0.25, -0.2) is 4.98 Å². The van der Waals surface area contributed by atoms with Crippen LogP contribution in [0.25, 0.3) is 16.6 Å². The Morgan fingerprint density at radius 1 is 0.971 bits per heavy atom. The van der Waals surface area contributed by atoms with Crippen molar-refractivity contribution in [3.05, 3.63) is 94.3 Å². The van der Waals surface area contributed by atoms with Gasteiger partial charge in [-0.05, 0) is 53.9 Å². The molecular weight excluding hydrogens is 444 g/mol. The highest BCUT2D eigenvalue weighted by molar-refractivity contribution is 7.99. The Balaban J connectivity index is 1.53. The first kappa shape index (κ1) is 23.6. The van der Waals surface area contributed by atoms with Crippen molar-refractivity contribution in [2.75, 3.05) is 24.7 Å². The molecule has 7 heteroatoms. The highest BCUT2D eigenvalue weighted by Gasteiger charge is 2.15. The number of nitrogens with one attached hydrogen (secondary N) is 1. The molecule has 3 aromatic carbocycles. The predicted octanol–water partition coefficient (Wildman–Crippen LogP) is 4.42. The number of nitrogens with zero attached hydrogens (tertiary/aromatic N) is 3. The van der Waals surface area contributed by atoms with Gasteiger partial charge in [-0.2, -0.15) is 0 Å². The van der Waals surface area contributed by atoms with E-state index in [-0.39, 0.29) is 17.2 Å². The van der Waals surface area contributed by atoms with Crippen molar-refractivity contribution in [1.29, 1.82) is 0 Å². The van der Waals surface area contributed by atoms with Gasteiger partial charge in [0.2, 0.25) is 5.91 Å². The number of hydrogen-bond acceptors (Lipinski definition) is 5. The summed E-state index contributed by atoms with van der Waals surface area (Å²) in [6.45, 7) is 2.54. The molecule has 0 saturated heterocycles. The molecule has 0 aliphatic heterocycles. The quantitative estimate of drug-likeness (QED) is 0.304. The second-order valence-electron chi connectivity index (χ2n) is 8.20. The van der Waals surface area contributed by atoms with Crippen LogP contribution in [0.2, 0.25) is 0 Å². The highest BCUT2D eigenvalue weighted by Crippen LogP contribution is 2.22. The number of para-hydroxylation sites is 1. The summed E-state index contributed by atoms with van der Waals surface area (Å²) < 4.78 is 1.60. The average molecular weight is 473 g/mol. The fourth-order valence-corrected chi connectivity index (χ4v) is 4.45. The summed E-state index contributed by atoms with van der Waals surface area (Å²) in [6.07, 6.45) is 0.921. The second kappa shape index (κ2) is 10.6. The number of benzene rings is 3. The van der Waals surface area contributed by atoms with Crippen molar-refractivity contribution < 1.29 is 4.79 Å². The number of thioether (sulfide) groups is 1. The van der Waals surface area contributed by atoms with Crippen molar-refractivity contribution >= 4 is 34.3 Å². The van der Waals surface area contributed by atoms with E-state index in [0.717, 1.165) is 23.4 Å². The van der Waals surface area contributed by atoms with E-state index in [1.807, 2.05) is 85.7 Å². The van der Waals surface area contributed by atoms with Crippen LogP contribution >= 0.6 is 11.8 Å². The maximum absolute atomic E-state index is 13.3. The lowest BCUT2D eigenvalue weighted by Crippen LogP contribution is -2.26. The van der Waals surface area contributed by atoms with Gasteiger partial charge < -0.3 is 10.2 Å². The number of carbonyl (C=O) groups excluding carboxylic acids is 1. The van der Waals surface area contributed by atoms with E-state index >= 15 is 0 Å². The number of amides is 1. The zero-order chi connectivity index (χ0) is 24.1. The molecule has 6 nitrogen and oxygen atoms in total. The Bertz CT molecular complexity index is 1350. The summed E-state index contributed by atoms with van der Waals surface area (Å²) in [5.41, 5.74) is 4.55. The zero-order valence-corrected chi connectivity index (χ0v) is 20.4. The molecule has 1 heterocycles. The van der Waals surface area contributed by atoms with Crippen LogP contribution in [0.3, 0.4) is 0 Å². The van der Waals surface area contributed by atoms with Gasteiger partial charge in [-0.1, -0.05) is 55.1 Å². The molecular formula is C27H28N4O2S. The lowest BCUT2D eigenvalue weighted by Gasteiger charge is -2.14. The molecule has 1 N–H and O–H groups in total. The Hall–Kier alpha value is -3.58. The summed E-state index contributed by atoms with van der Waals surface area (Å²) in [5, 5.41) is 4.01. The molecule has 0 saturated carbocycles. The van der Waals surface area contributed by atoms with Gasteiger partial charge in [0.15, 0.2) is 5.16 Å². The molecule has 0 atom stereocenters. The molecule has 34 heavy (non-hydrogen) atoms. The number of rotatable bonds is 8. The molecule has 0 aliphatic carbocycles. The van der Waals surface area contributed by atoms with E-state index in [0.29, 0.717) is 22.6 Å². The number of aryl methyl sites for hydroxylation is 1. The molecule has 0 radical (unpaired) electrons. The van der Waals surface area contributed by atoms with Crippen LogP contribution < -0.4 is 15.8 Å². The number of fused-ring (bicyclic) bond motifs is 1. The normalized spacial score (nSPS) is 10.9. The summed E-state index contributed by atoms with van der Waals surface area (Å²) in [7, 11) is 3.99. The van der Waals surface area contributed by atoms with Gasteiger partial charge in [0, 0.05) is 26.3 Å². The van der Waals surface area contributed by atoms with Crippen molar-refractivity contribution in [3.63, 3.8) is 0 Å². The molecule has 4 rings (SSSR count). The molecule has 0 bridgehead atoms. The lowest BCUT2D eigenvalue weighted by atomic mass is 10.1.